The Kier molecular flexibility index (Phi) is 5.40. The van der Waals surface area contributed by atoms with Crippen LogP contribution in [0.5, 0.6) is 0 Å². The van der Waals surface area contributed by atoms with E-state index in [2.05, 4.69) is 17.5 Å². The van der Waals surface area contributed by atoms with Gasteiger partial charge in [0.2, 0.25) is 17.7 Å². The molecule has 0 aromatic carbocycles. The number of allylic oxidation sites excluding steroid dienone is 2. The molecule has 2 bridgehead atoms. The number of carbonyl (C=O) groups is 3. The molecule has 4 rings (SSSR count). The van der Waals surface area contributed by atoms with Gasteiger partial charge < -0.3 is 15.8 Å². The van der Waals surface area contributed by atoms with Crippen LogP contribution >= 0.6 is 12.4 Å². The van der Waals surface area contributed by atoms with E-state index in [0.717, 1.165) is 6.42 Å². The number of ether oxygens (including phenoxy) is 1. The van der Waals surface area contributed by atoms with E-state index in [4.69, 9.17) is 10.5 Å². The fourth-order valence-corrected chi connectivity index (χ4v) is 5.44. The molecule has 3 amide bonds. The maximum absolute atomic E-state index is 12.7. The summed E-state index contributed by atoms with van der Waals surface area (Å²) in [6.07, 6.45) is 5.51. The molecule has 2 saturated carbocycles. The minimum absolute atomic E-state index is 0. The van der Waals surface area contributed by atoms with Crippen LogP contribution in [0.4, 0.5) is 0 Å². The number of hydrogen-bond acceptors (Lipinski definition) is 5. The van der Waals surface area contributed by atoms with E-state index in [0.29, 0.717) is 13.0 Å². The van der Waals surface area contributed by atoms with Crippen molar-refractivity contribution in [2.45, 2.75) is 45.3 Å². The third-order valence-electron chi connectivity index (χ3n) is 7.42. The summed E-state index contributed by atoms with van der Waals surface area (Å²) in [7, 11) is 0. The lowest BCUT2D eigenvalue weighted by molar-refractivity contribution is -0.170. The summed E-state index contributed by atoms with van der Waals surface area (Å²) in [6, 6.07) is 0. The lowest BCUT2D eigenvalue weighted by Crippen LogP contribution is -2.76. The number of nitrogens with one attached hydrogen (secondary N) is 1. The van der Waals surface area contributed by atoms with Crippen LogP contribution < -0.4 is 11.1 Å². The summed E-state index contributed by atoms with van der Waals surface area (Å²) in [5, 5.41) is 2.83. The number of rotatable bonds is 6. The molecule has 3 aliphatic carbocycles. The van der Waals surface area contributed by atoms with Crippen LogP contribution in [0.1, 0.15) is 33.6 Å². The molecule has 28 heavy (non-hydrogen) atoms. The second-order valence-corrected chi connectivity index (χ2v) is 8.93. The van der Waals surface area contributed by atoms with Gasteiger partial charge in [-0.2, -0.15) is 0 Å². The van der Waals surface area contributed by atoms with Gasteiger partial charge in [-0.3, -0.25) is 19.3 Å². The Morgan fingerprint density at radius 1 is 1.25 bits per heavy atom. The van der Waals surface area contributed by atoms with E-state index in [1.54, 1.807) is 0 Å². The summed E-state index contributed by atoms with van der Waals surface area (Å²) in [5.41, 5.74) is 4.91. The number of imide groups is 1. The second kappa shape index (κ2) is 7.11. The van der Waals surface area contributed by atoms with E-state index in [-0.39, 0.29) is 73.0 Å². The summed E-state index contributed by atoms with van der Waals surface area (Å²) in [5.74, 6) is -0.394. The molecule has 3 N–H and O–H groups in total. The number of nitrogens with two attached hydrogens (primary N) is 1. The van der Waals surface area contributed by atoms with Gasteiger partial charge in [-0.05, 0) is 25.2 Å². The van der Waals surface area contributed by atoms with Gasteiger partial charge in [0.1, 0.15) is 5.54 Å². The van der Waals surface area contributed by atoms with Crippen LogP contribution in [0.25, 0.3) is 0 Å². The average molecular weight is 412 g/mol. The molecule has 1 saturated heterocycles. The van der Waals surface area contributed by atoms with Crippen molar-refractivity contribution in [3.63, 3.8) is 0 Å². The smallest absolute Gasteiger partial charge is 0.240 e. The van der Waals surface area contributed by atoms with Gasteiger partial charge in [0, 0.05) is 31.5 Å². The van der Waals surface area contributed by atoms with Crippen molar-refractivity contribution in [3.05, 3.63) is 12.2 Å². The maximum atomic E-state index is 12.7. The van der Waals surface area contributed by atoms with Gasteiger partial charge in [-0.25, -0.2) is 0 Å². The third kappa shape index (κ3) is 2.74. The first kappa shape index (κ1) is 21.3. The van der Waals surface area contributed by atoms with E-state index >= 15 is 0 Å². The first-order valence-corrected chi connectivity index (χ1v) is 9.94. The molecular formula is C20H30ClN3O4. The van der Waals surface area contributed by atoms with Crippen LogP contribution in [0, 0.1) is 29.1 Å². The third-order valence-corrected chi connectivity index (χ3v) is 7.42. The first-order chi connectivity index (χ1) is 12.7. The van der Waals surface area contributed by atoms with E-state index < -0.39 is 11.0 Å². The van der Waals surface area contributed by atoms with Crippen LogP contribution in [-0.4, -0.2) is 54.0 Å². The standard InChI is InChI=1S/C20H29N3O4.ClH/c1-4-27-13-10-20(21,19(13,2)3)18(26)22-7-8-23-16(24)14-11-5-6-12(9-11)15(14)17(23)25;/h5-6,11-15H,4,7-10,21H2,1-3H3,(H,22,26);1H. The number of likely N-dealkylation sites (tertiary alicyclic amines) is 1. The zero-order valence-corrected chi connectivity index (χ0v) is 17.5. The highest BCUT2D eigenvalue weighted by atomic mass is 35.5. The predicted octanol–water partition coefficient (Wildman–Crippen LogP) is 0.864. The summed E-state index contributed by atoms with van der Waals surface area (Å²) in [6.45, 7) is 6.83. The highest BCUT2D eigenvalue weighted by Crippen LogP contribution is 2.52. The number of hydrogen-bond donors (Lipinski definition) is 2. The van der Waals surface area contributed by atoms with Gasteiger partial charge in [0.25, 0.3) is 0 Å². The van der Waals surface area contributed by atoms with Crippen molar-refractivity contribution in [1.29, 1.82) is 0 Å². The van der Waals surface area contributed by atoms with Gasteiger partial charge in [0.05, 0.1) is 17.9 Å². The van der Waals surface area contributed by atoms with Crippen molar-refractivity contribution in [3.8, 4) is 0 Å². The Morgan fingerprint density at radius 3 is 2.32 bits per heavy atom. The number of halogens is 1. The molecule has 6 unspecified atom stereocenters. The topological polar surface area (TPSA) is 102 Å². The number of fused-ring (bicyclic) bond motifs is 5. The number of carbonyl (C=O) groups excluding carboxylic acids is 3. The number of amides is 3. The van der Waals surface area contributed by atoms with E-state index in [9.17, 15) is 14.4 Å². The highest BCUT2D eigenvalue weighted by molar-refractivity contribution is 6.06. The monoisotopic (exact) mass is 411 g/mol. The molecule has 0 spiro atoms. The molecule has 1 aliphatic heterocycles. The number of nitrogens with zero attached hydrogens (tertiary/aromatic N) is 1. The second-order valence-electron chi connectivity index (χ2n) is 8.93. The average Bonchev–Trinajstić information content (AvgIpc) is 3.30. The van der Waals surface area contributed by atoms with Crippen LogP contribution in [-0.2, 0) is 19.1 Å². The molecule has 8 heteroatoms. The largest absolute Gasteiger partial charge is 0.378 e. The van der Waals surface area contributed by atoms with Crippen molar-refractivity contribution >= 4 is 30.1 Å². The van der Waals surface area contributed by atoms with Gasteiger partial charge in [-0.15, -0.1) is 12.4 Å². The lowest BCUT2D eigenvalue weighted by atomic mass is 9.54. The zero-order chi connectivity index (χ0) is 19.6. The molecule has 6 atom stereocenters. The Labute approximate surface area is 171 Å². The summed E-state index contributed by atoms with van der Waals surface area (Å²) in [4.78, 5) is 39.3. The normalized spacial score (nSPS) is 39.6. The molecule has 7 nitrogen and oxygen atoms in total. The Morgan fingerprint density at radius 2 is 1.82 bits per heavy atom. The summed E-state index contributed by atoms with van der Waals surface area (Å²) >= 11 is 0. The lowest BCUT2D eigenvalue weighted by Gasteiger charge is -2.57. The van der Waals surface area contributed by atoms with Crippen LogP contribution in [0.2, 0.25) is 0 Å². The SMILES string of the molecule is CCOC1CC(N)(C(=O)NCCN2C(=O)C3C4C=CC(C4)C3C2=O)C1(C)C.Cl. The Hall–Kier alpha value is -1.44. The molecule has 0 aromatic heterocycles. The quantitative estimate of drug-likeness (QED) is 0.498. The fourth-order valence-electron chi connectivity index (χ4n) is 5.44. The van der Waals surface area contributed by atoms with Crippen molar-refractivity contribution < 1.29 is 19.1 Å². The minimum Gasteiger partial charge on any atom is -0.378 e. The zero-order valence-electron chi connectivity index (χ0n) is 16.6. The first-order valence-electron chi connectivity index (χ1n) is 9.94. The van der Waals surface area contributed by atoms with E-state index in [1.165, 1.54) is 4.90 Å². The van der Waals surface area contributed by atoms with Gasteiger partial charge in [-0.1, -0.05) is 26.0 Å². The van der Waals surface area contributed by atoms with Crippen molar-refractivity contribution in [2.24, 2.45) is 34.8 Å². The van der Waals surface area contributed by atoms with Gasteiger partial charge in [0.15, 0.2) is 0 Å². The van der Waals surface area contributed by atoms with E-state index in [1.807, 2.05) is 20.8 Å². The molecule has 4 aliphatic rings. The Bertz CT molecular complexity index is 694. The minimum atomic E-state index is -0.995. The van der Waals surface area contributed by atoms with Crippen LogP contribution in [0.15, 0.2) is 12.2 Å². The fraction of sp³-hybridized carbons (Fsp3) is 0.750. The molecule has 0 aromatic rings. The van der Waals surface area contributed by atoms with Crippen molar-refractivity contribution in [2.75, 3.05) is 19.7 Å². The molecule has 3 fully saturated rings. The highest BCUT2D eigenvalue weighted by Gasteiger charge is 2.63. The Balaban J connectivity index is 0.00000225. The van der Waals surface area contributed by atoms with Gasteiger partial charge >= 0.3 is 0 Å². The molecule has 1 heterocycles. The van der Waals surface area contributed by atoms with Crippen LogP contribution in [0.3, 0.4) is 0 Å². The van der Waals surface area contributed by atoms with Crippen molar-refractivity contribution in [1.82, 2.24) is 10.2 Å². The predicted molar refractivity (Wildman–Crippen MR) is 105 cm³/mol. The molecular weight excluding hydrogens is 382 g/mol. The maximum Gasteiger partial charge on any atom is 0.240 e. The summed E-state index contributed by atoms with van der Waals surface area (Å²) < 4.78 is 5.66. The molecule has 0 radical (unpaired) electrons. The molecule has 156 valence electrons.